The summed E-state index contributed by atoms with van der Waals surface area (Å²) in [5.74, 6) is -0.231. The maximum Gasteiger partial charge on any atom is 0.123 e. The number of β-amino-alcohol motifs (C(OH)–C–C–N with tert-alkyl or cyclic N) is 1. The van der Waals surface area contributed by atoms with Crippen LogP contribution in [0.3, 0.4) is 0 Å². The van der Waals surface area contributed by atoms with E-state index in [1.54, 1.807) is 12.1 Å². The average molecular weight is 238 g/mol. The van der Waals surface area contributed by atoms with Gasteiger partial charge in [0.2, 0.25) is 0 Å². The van der Waals surface area contributed by atoms with E-state index in [2.05, 4.69) is 10.2 Å². The number of benzene rings is 1. The fourth-order valence-electron chi connectivity index (χ4n) is 2.15. The van der Waals surface area contributed by atoms with Crippen molar-refractivity contribution in [2.24, 2.45) is 0 Å². The topological polar surface area (TPSA) is 35.5 Å². The zero-order valence-electron chi connectivity index (χ0n) is 9.90. The molecule has 1 unspecified atom stereocenters. The highest BCUT2D eigenvalue weighted by molar-refractivity contribution is 5.16. The first-order valence-corrected chi connectivity index (χ1v) is 6.09. The standard InChI is InChI=1S/C13H19FN2O/c14-12-3-1-11(2-4-12)9-13(17)10-16-7-5-15-6-8-16/h1-4,13,15,17H,5-10H2. The average Bonchev–Trinajstić information content (AvgIpc) is 2.33. The lowest BCUT2D eigenvalue weighted by Crippen LogP contribution is -2.46. The van der Waals surface area contributed by atoms with Crippen molar-refractivity contribution in [3.05, 3.63) is 35.6 Å². The Bertz CT molecular complexity index is 336. The highest BCUT2D eigenvalue weighted by Crippen LogP contribution is 2.07. The number of nitrogens with one attached hydrogen (secondary N) is 1. The molecule has 1 aromatic rings. The molecule has 1 aliphatic heterocycles. The molecule has 1 heterocycles. The lowest BCUT2D eigenvalue weighted by Gasteiger charge is -2.29. The molecule has 17 heavy (non-hydrogen) atoms. The maximum atomic E-state index is 12.7. The monoisotopic (exact) mass is 238 g/mol. The summed E-state index contributed by atoms with van der Waals surface area (Å²) in [6.07, 6.45) is 0.211. The normalized spacial score (nSPS) is 19.2. The molecule has 1 fully saturated rings. The van der Waals surface area contributed by atoms with Crippen molar-refractivity contribution in [3.63, 3.8) is 0 Å². The first-order chi connectivity index (χ1) is 8.24. The van der Waals surface area contributed by atoms with Gasteiger partial charge in [0.25, 0.3) is 0 Å². The molecule has 2 rings (SSSR count). The van der Waals surface area contributed by atoms with Gasteiger partial charge in [-0.1, -0.05) is 12.1 Å². The Hall–Kier alpha value is -0.970. The van der Waals surface area contributed by atoms with E-state index in [9.17, 15) is 9.50 Å². The van der Waals surface area contributed by atoms with Crippen molar-refractivity contribution < 1.29 is 9.50 Å². The molecule has 2 N–H and O–H groups in total. The van der Waals surface area contributed by atoms with E-state index >= 15 is 0 Å². The van der Waals surface area contributed by atoms with E-state index in [0.29, 0.717) is 13.0 Å². The van der Waals surface area contributed by atoms with Crippen LogP contribution in [0.4, 0.5) is 4.39 Å². The van der Waals surface area contributed by atoms with E-state index in [0.717, 1.165) is 31.7 Å². The Morgan fingerprint density at radius 2 is 1.88 bits per heavy atom. The van der Waals surface area contributed by atoms with Gasteiger partial charge in [0, 0.05) is 32.7 Å². The number of nitrogens with zero attached hydrogens (tertiary/aromatic N) is 1. The molecule has 0 radical (unpaired) electrons. The van der Waals surface area contributed by atoms with Crippen molar-refractivity contribution in [1.82, 2.24) is 10.2 Å². The van der Waals surface area contributed by atoms with Gasteiger partial charge in [-0.05, 0) is 24.1 Å². The molecule has 94 valence electrons. The minimum absolute atomic E-state index is 0.231. The van der Waals surface area contributed by atoms with Crippen LogP contribution < -0.4 is 5.32 Å². The predicted molar refractivity (Wildman–Crippen MR) is 65.4 cm³/mol. The Balaban J connectivity index is 1.79. The van der Waals surface area contributed by atoms with E-state index in [1.807, 2.05) is 0 Å². The third-order valence-corrected chi connectivity index (χ3v) is 3.06. The molecule has 4 heteroatoms. The third kappa shape index (κ3) is 4.07. The van der Waals surface area contributed by atoms with Crippen molar-refractivity contribution in [2.75, 3.05) is 32.7 Å². The molecule has 3 nitrogen and oxygen atoms in total. The molecule has 0 amide bonds. The van der Waals surface area contributed by atoms with Crippen molar-refractivity contribution in [1.29, 1.82) is 0 Å². The second kappa shape index (κ2) is 6.10. The zero-order valence-corrected chi connectivity index (χ0v) is 9.90. The highest BCUT2D eigenvalue weighted by Gasteiger charge is 2.14. The summed E-state index contributed by atoms with van der Waals surface area (Å²) in [4.78, 5) is 2.25. The molecule has 1 aromatic carbocycles. The van der Waals surface area contributed by atoms with Gasteiger partial charge >= 0.3 is 0 Å². The first kappa shape index (κ1) is 12.5. The van der Waals surface area contributed by atoms with Gasteiger partial charge in [-0.3, -0.25) is 4.90 Å². The first-order valence-electron chi connectivity index (χ1n) is 6.09. The second-order valence-corrected chi connectivity index (χ2v) is 4.54. The van der Waals surface area contributed by atoms with E-state index < -0.39 is 0 Å². The molecule has 0 aromatic heterocycles. The van der Waals surface area contributed by atoms with Crippen LogP contribution in [0.25, 0.3) is 0 Å². The van der Waals surface area contributed by atoms with Crippen molar-refractivity contribution >= 4 is 0 Å². The lowest BCUT2D eigenvalue weighted by molar-refractivity contribution is 0.105. The molecule has 0 bridgehead atoms. The third-order valence-electron chi connectivity index (χ3n) is 3.06. The minimum Gasteiger partial charge on any atom is -0.391 e. The van der Waals surface area contributed by atoms with Gasteiger partial charge in [-0.15, -0.1) is 0 Å². The summed E-state index contributed by atoms with van der Waals surface area (Å²) in [7, 11) is 0. The van der Waals surface area contributed by atoms with Crippen molar-refractivity contribution in [2.45, 2.75) is 12.5 Å². The SMILES string of the molecule is OC(Cc1ccc(F)cc1)CN1CCNCC1. The molecule has 1 saturated heterocycles. The predicted octanol–water partition coefficient (Wildman–Crippen LogP) is 0.634. The van der Waals surface area contributed by atoms with Gasteiger partial charge in [-0.2, -0.15) is 0 Å². The van der Waals surface area contributed by atoms with Gasteiger partial charge in [0.1, 0.15) is 5.82 Å². The van der Waals surface area contributed by atoms with Crippen LogP contribution in [0, 0.1) is 5.82 Å². The minimum atomic E-state index is -0.376. The molecule has 0 spiro atoms. The van der Waals surface area contributed by atoms with Gasteiger partial charge < -0.3 is 10.4 Å². The van der Waals surface area contributed by atoms with Crippen LogP contribution in [-0.2, 0) is 6.42 Å². The van der Waals surface area contributed by atoms with E-state index in [1.165, 1.54) is 12.1 Å². The molecular formula is C13H19FN2O. The fourth-order valence-corrected chi connectivity index (χ4v) is 2.15. The summed E-state index contributed by atoms with van der Waals surface area (Å²) in [5, 5.41) is 13.2. The summed E-state index contributed by atoms with van der Waals surface area (Å²) >= 11 is 0. The quantitative estimate of drug-likeness (QED) is 0.808. The number of hydrogen-bond acceptors (Lipinski definition) is 3. The molecule has 0 aliphatic carbocycles. The smallest absolute Gasteiger partial charge is 0.123 e. The number of piperazine rings is 1. The summed E-state index contributed by atoms with van der Waals surface area (Å²) in [6, 6.07) is 6.34. The summed E-state index contributed by atoms with van der Waals surface area (Å²) in [5.41, 5.74) is 0.981. The van der Waals surface area contributed by atoms with Gasteiger partial charge in [0.05, 0.1) is 6.10 Å². The molecule has 0 saturated carbocycles. The van der Waals surface area contributed by atoms with Crippen LogP contribution in [0.15, 0.2) is 24.3 Å². The summed E-state index contributed by atoms with van der Waals surface area (Å²) in [6.45, 7) is 4.65. The number of rotatable bonds is 4. The maximum absolute atomic E-state index is 12.7. The fraction of sp³-hybridized carbons (Fsp3) is 0.538. The Morgan fingerprint density at radius 3 is 2.53 bits per heavy atom. The Labute approximate surface area is 101 Å². The molecule has 1 atom stereocenters. The Morgan fingerprint density at radius 1 is 1.24 bits per heavy atom. The van der Waals surface area contributed by atoms with Crippen LogP contribution >= 0.6 is 0 Å². The highest BCUT2D eigenvalue weighted by atomic mass is 19.1. The van der Waals surface area contributed by atoms with E-state index in [4.69, 9.17) is 0 Å². The second-order valence-electron chi connectivity index (χ2n) is 4.54. The summed E-state index contributed by atoms with van der Waals surface area (Å²) < 4.78 is 12.7. The number of halogens is 1. The molecular weight excluding hydrogens is 219 g/mol. The van der Waals surface area contributed by atoms with E-state index in [-0.39, 0.29) is 11.9 Å². The zero-order chi connectivity index (χ0) is 12.1. The van der Waals surface area contributed by atoms with Crippen LogP contribution in [-0.4, -0.2) is 48.8 Å². The lowest BCUT2D eigenvalue weighted by atomic mass is 10.1. The van der Waals surface area contributed by atoms with Crippen LogP contribution in [0.5, 0.6) is 0 Å². The van der Waals surface area contributed by atoms with Crippen molar-refractivity contribution in [3.8, 4) is 0 Å². The number of hydrogen-bond donors (Lipinski definition) is 2. The van der Waals surface area contributed by atoms with Gasteiger partial charge in [-0.25, -0.2) is 4.39 Å². The number of aliphatic hydroxyl groups excluding tert-OH is 1. The number of aliphatic hydroxyl groups is 1. The van der Waals surface area contributed by atoms with Crippen LogP contribution in [0.1, 0.15) is 5.56 Å². The largest absolute Gasteiger partial charge is 0.391 e. The molecule has 1 aliphatic rings. The Kier molecular flexibility index (Phi) is 4.48. The van der Waals surface area contributed by atoms with Gasteiger partial charge in [0.15, 0.2) is 0 Å². The van der Waals surface area contributed by atoms with Crippen LogP contribution in [0.2, 0.25) is 0 Å².